The molecule has 2 amide bonds. The Bertz CT molecular complexity index is 1070. The number of hydrogen-bond donors (Lipinski definition) is 2. The smallest absolute Gasteiger partial charge is 0.410 e. The van der Waals surface area contributed by atoms with Crippen molar-refractivity contribution in [3.8, 4) is 0 Å². The molecule has 4 heterocycles. The Balaban J connectivity index is 1.28. The molecule has 0 spiro atoms. The molecule has 15 heteroatoms. The molecule has 3 atom stereocenters. The van der Waals surface area contributed by atoms with Gasteiger partial charge in [-0.05, 0) is 32.6 Å². The van der Waals surface area contributed by atoms with Gasteiger partial charge in [0, 0.05) is 52.4 Å². The third-order valence-corrected chi connectivity index (χ3v) is 7.11. The van der Waals surface area contributed by atoms with Crippen LogP contribution in [-0.2, 0) is 28.6 Å². The lowest BCUT2D eigenvalue weighted by atomic mass is 9.95. The molecule has 41 heavy (non-hydrogen) atoms. The molecule has 3 aliphatic rings. The monoisotopic (exact) mass is 576 g/mol. The zero-order valence-corrected chi connectivity index (χ0v) is 24.0. The molecule has 0 bridgehead atoms. The average molecular weight is 577 g/mol. The number of carbonyl (C=O) groups is 4. The fraction of sp³-hybridized carbons (Fsp3) is 0.731. The van der Waals surface area contributed by atoms with Crippen LogP contribution in [0, 0.1) is 0 Å². The second-order valence-corrected chi connectivity index (χ2v) is 10.1. The van der Waals surface area contributed by atoms with E-state index in [9.17, 15) is 19.2 Å². The summed E-state index contributed by atoms with van der Waals surface area (Å²) in [6, 6.07) is -0.523. The van der Waals surface area contributed by atoms with Crippen molar-refractivity contribution in [2.45, 2.75) is 64.7 Å². The summed E-state index contributed by atoms with van der Waals surface area (Å²) >= 11 is 0. The van der Waals surface area contributed by atoms with Crippen LogP contribution in [0.5, 0.6) is 0 Å². The normalized spacial score (nSPS) is 22.4. The first-order valence-corrected chi connectivity index (χ1v) is 14.4. The second-order valence-electron chi connectivity index (χ2n) is 10.1. The minimum absolute atomic E-state index is 0.174. The van der Waals surface area contributed by atoms with Crippen molar-refractivity contribution in [1.29, 1.82) is 0 Å². The zero-order chi connectivity index (χ0) is 29.4. The Hall–Kier alpha value is -3.75. The summed E-state index contributed by atoms with van der Waals surface area (Å²) in [6.45, 7) is 8.88. The third-order valence-electron chi connectivity index (χ3n) is 7.11. The van der Waals surface area contributed by atoms with E-state index >= 15 is 0 Å². The fourth-order valence-corrected chi connectivity index (χ4v) is 5.06. The number of anilines is 3. The van der Waals surface area contributed by atoms with E-state index in [0.717, 1.165) is 25.9 Å². The molecule has 3 saturated heterocycles. The molecule has 0 saturated carbocycles. The van der Waals surface area contributed by atoms with Crippen LogP contribution in [0.1, 0.15) is 46.5 Å². The number of Topliss-reactive ketones (excluding diaryl/α,β-unsaturated/α-hetero) is 1. The second kappa shape index (κ2) is 14.2. The zero-order valence-electron chi connectivity index (χ0n) is 24.0. The van der Waals surface area contributed by atoms with Gasteiger partial charge in [0.25, 0.3) is 5.91 Å². The van der Waals surface area contributed by atoms with E-state index in [-0.39, 0.29) is 6.61 Å². The van der Waals surface area contributed by atoms with Crippen molar-refractivity contribution in [1.82, 2.24) is 24.8 Å². The summed E-state index contributed by atoms with van der Waals surface area (Å²) in [5, 5.41) is 6.39. The molecule has 1 aromatic rings. The molecular weight excluding hydrogens is 536 g/mol. The molecule has 1 aromatic heterocycles. The predicted octanol–water partition coefficient (Wildman–Crippen LogP) is 0.665. The van der Waals surface area contributed by atoms with Crippen molar-refractivity contribution in [2.24, 2.45) is 0 Å². The minimum Gasteiger partial charge on any atom is -0.449 e. The van der Waals surface area contributed by atoms with Crippen LogP contribution < -0.4 is 15.5 Å². The van der Waals surface area contributed by atoms with Gasteiger partial charge in [-0.2, -0.15) is 15.0 Å². The lowest BCUT2D eigenvalue weighted by molar-refractivity contribution is -0.178. The molecule has 2 N–H and O–H groups in total. The summed E-state index contributed by atoms with van der Waals surface area (Å²) in [4.78, 5) is 69.2. The Kier molecular flexibility index (Phi) is 10.5. The highest BCUT2D eigenvalue weighted by atomic mass is 16.6. The average Bonchev–Trinajstić information content (AvgIpc) is 3.48. The van der Waals surface area contributed by atoms with Gasteiger partial charge in [0.2, 0.25) is 23.6 Å². The molecule has 4 rings (SSSR count). The molecule has 15 nitrogen and oxygen atoms in total. The Morgan fingerprint density at radius 3 is 2.20 bits per heavy atom. The lowest BCUT2D eigenvalue weighted by Crippen LogP contribution is -2.62. The van der Waals surface area contributed by atoms with Crippen molar-refractivity contribution < 1.29 is 33.4 Å². The summed E-state index contributed by atoms with van der Waals surface area (Å²) in [5.41, 5.74) is 0. The predicted molar refractivity (Wildman–Crippen MR) is 148 cm³/mol. The third kappa shape index (κ3) is 7.31. The van der Waals surface area contributed by atoms with Crippen LogP contribution in [-0.4, -0.2) is 126 Å². The highest BCUT2D eigenvalue weighted by Crippen LogP contribution is 2.29. The minimum atomic E-state index is -1.28. The Morgan fingerprint density at radius 1 is 0.927 bits per heavy atom. The van der Waals surface area contributed by atoms with Crippen LogP contribution in [0.4, 0.5) is 22.6 Å². The van der Waals surface area contributed by atoms with E-state index in [2.05, 4.69) is 39.4 Å². The van der Waals surface area contributed by atoms with Gasteiger partial charge in [-0.1, -0.05) is 13.8 Å². The highest BCUT2D eigenvalue weighted by molar-refractivity contribution is 6.09. The van der Waals surface area contributed by atoms with E-state index in [1.807, 2.05) is 4.90 Å². The number of piperazine rings is 1. The number of nitrogens with zero attached hydrogens (tertiary/aromatic N) is 6. The van der Waals surface area contributed by atoms with E-state index < -0.39 is 48.6 Å². The molecule has 3 aliphatic heterocycles. The van der Waals surface area contributed by atoms with Gasteiger partial charge in [-0.25, -0.2) is 9.59 Å². The number of rotatable bonds is 12. The van der Waals surface area contributed by atoms with E-state index in [1.165, 1.54) is 4.90 Å². The van der Waals surface area contributed by atoms with Crippen molar-refractivity contribution in [3.63, 3.8) is 0 Å². The summed E-state index contributed by atoms with van der Waals surface area (Å²) in [6.07, 6.45) is 0.0176. The number of nitrogens with one attached hydrogen (secondary N) is 2. The van der Waals surface area contributed by atoms with Gasteiger partial charge in [0.1, 0.15) is 0 Å². The number of esters is 1. The maximum atomic E-state index is 12.9. The van der Waals surface area contributed by atoms with E-state index in [0.29, 0.717) is 63.4 Å². The van der Waals surface area contributed by atoms with Gasteiger partial charge in [0.05, 0.1) is 6.04 Å². The molecule has 0 aliphatic carbocycles. The number of amides is 2. The fourth-order valence-electron chi connectivity index (χ4n) is 5.06. The Morgan fingerprint density at radius 2 is 1.59 bits per heavy atom. The van der Waals surface area contributed by atoms with Crippen molar-refractivity contribution in [3.05, 3.63) is 0 Å². The summed E-state index contributed by atoms with van der Waals surface area (Å²) in [5.74, 6) is -0.326. The largest absolute Gasteiger partial charge is 0.449 e. The first kappa shape index (κ1) is 30.2. The number of piperidine rings is 1. The first-order chi connectivity index (χ1) is 19.9. The molecular formula is C26H40N8O7. The summed E-state index contributed by atoms with van der Waals surface area (Å²) < 4.78 is 16.0. The van der Waals surface area contributed by atoms with Gasteiger partial charge in [0.15, 0.2) is 18.8 Å². The van der Waals surface area contributed by atoms with E-state index in [4.69, 9.17) is 14.2 Å². The van der Waals surface area contributed by atoms with Crippen LogP contribution >= 0.6 is 0 Å². The van der Waals surface area contributed by atoms with Crippen LogP contribution in [0.3, 0.4) is 0 Å². The summed E-state index contributed by atoms with van der Waals surface area (Å²) in [7, 11) is 0. The van der Waals surface area contributed by atoms with Gasteiger partial charge in [-0.15, -0.1) is 0 Å². The number of aromatic nitrogens is 3. The van der Waals surface area contributed by atoms with Gasteiger partial charge in [-0.3, -0.25) is 9.59 Å². The molecule has 3 fully saturated rings. The first-order valence-electron chi connectivity index (χ1n) is 14.4. The van der Waals surface area contributed by atoms with Crippen molar-refractivity contribution >= 4 is 41.6 Å². The van der Waals surface area contributed by atoms with Crippen LogP contribution in [0.15, 0.2) is 0 Å². The van der Waals surface area contributed by atoms with Crippen LogP contribution in [0.2, 0.25) is 0 Å². The van der Waals surface area contributed by atoms with Gasteiger partial charge < -0.3 is 39.5 Å². The van der Waals surface area contributed by atoms with Crippen LogP contribution in [0.25, 0.3) is 0 Å². The standard InChI is InChI=1S/C26H40N8O7/c1-4-9-27-23-29-24(28-10-5-2)31-25(30-23)32-12-14-33(15-13-32)26(38)40-16-18(35)41-20-17-8-7-11-34(17)22(37)21(19(20)36)39-6-3/h17,20-21H,4-16H2,1-3H3,(H2,27,28,29,30,31). The quantitative estimate of drug-likeness (QED) is 0.263. The number of ether oxygens (including phenoxy) is 3. The molecule has 3 unspecified atom stereocenters. The maximum Gasteiger partial charge on any atom is 0.410 e. The SMILES string of the molecule is CCCNc1nc(NCCC)nc(N2CCN(C(=O)OCC(=O)OC3C(=O)C(OCC)C(=O)N4CCCC34)CC2)n1. The molecule has 226 valence electrons. The number of fused-ring (bicyclic) bond motifs is 1. The van der Waals surface area contributed by atoms with Crippen molar-refractivity contribution in [2.75, 3.05) is 74.6 Å². The number of carbonyl (C=O) groups excluding carboxylic acids is 4. The highest BCUT2D eigenvalue weighted by Gasteiger charge is 2.52. The number of hydrogen-bond acceptors (Lipinski definition) is 13. The van der Waals surface area contributed by atoms with E-state index in [1.54, 1.807) is 11.8 Å². The lowest BCUT2D eigenvalue weighted by Gasteiger charge is -2.38. The topological polar surface area (TPSA) is 168 Å². The molecule has 0 aromatic carbocycles. The molecule has 0 radical (unpaired) electrons. The number of ketones is 1. The maximum absolute atomic E-state index is 12.9. The Labute approximate surface area is 239 Å². The van der Waals surface area contributed by atoms with Gasteiger partial charge >= 0.3 is 12.1 Å².